The Morgan fingerprint density at radius 1 is 1.19 bits per heavy atom. The van der Waals surface area contributed by atoms with Crippen LogP contribution in [0.2, 0.25) is 0 Å². The van der Waals surface area contributed by atoms with Gasteiger partial charge in [0.25, 0.3) is 0 Å². The first kappa shape index (κ1) is 14.6. The molecule has 3 nitrogen and oxygen atoms in total. The molecule has 0 aliphatic carbocycles. The van der Waals surface area contributed by atoms with E-state index in [0.717, 1.165) is 18.4 Å². The van der Waals surface area contributed by atoms with Crippen molar-refractivity contribution >= 4 is 0 Å². The molecule has 1 aromatic carbocycles. The molecule has 1 aromatic rings. The average Bonchev–Trinajstić information content (AvgIpc) is 2.82. The highest BCUT2D eigenvalue weighted by atomic mass is 16.7. The maximum absolute atomic E-state index is 10.7. The van der Waals surface area contributed by atoms with Crippen molar-refractivity contribution in [3.05, 3.63) is 48.2 Å². The lowest BCUT2D eigenvalue weighted by molar-refractivity contribution is -0.333. The predicted molar refractivity (Wildman–Crippen MR) is 81.5 cm³/mol. The number of fused-ring (bicyclic) bond motifs is 1. The van der Waals surface area contributed by atoms with Crippen LogP contribution in [0.15, 0.2) is 42.7 Å². The van der Waals surface area contributed by atoms with E-state index >= 15 is 0 Å². The van der Waals surface area contributed by atoms with E-state index in [1.165, 1.54) is 19.3 Å². The fraction of sp³-hybridized carbons (Fsp3) is 0.556. The van der Waals surface area contributed by atoms with Gasteiger partial charge in [0.05, 0.1) is 12.4 Å². The highest BCUT2D eigenvalue weighted by molar-refractivity contribution is 5.29. The van der Waals surface area contributed by atoms with Crippen molar-refractivity contribution in [3.8, 4) is 0 Å². The Hall–Kier alpha value is -1.32. The number of aliphatic hydroxyl groups is 1. The van der Waals surface area contributed by atoms with Crippen molar-refractivity contribution in [2.75, 3.05) is 0 Å². The third kappa shape index (κ3) is 2.49. The minimum absolute atomic E-state index is 0.108. The fourth-order valence-corrected chi connectivity index (χ4v) is 3.41. The van der Waals surface area contributed by atoms with Crippen LogP contribution in [0.3, 0.4) is 0 Å². The average molecular weight is 288 g/mol. The summed E-state index contributed by atoms with van der Waals surface area (Å²) in [5, 5.41) is 10.7. The maximum atomic E-state index is 10.7. The zero-order valence-corrected chi connectivity index (χ0v) is 12.6. The lowest BCUT2D eigenvalue weighted by Crippen LogP contribution is -2.58. The van der Waals surface area contributed by atoms with E-state index in [4.69, 9.17) is 9.47 Å². The van der Waals surface area contributed by atoms with E-state index in [1.807, 2.05) is 24.3 Å². The lowest BCUT2D eigenvalue weighted by atomic mass is 9.69. The van der Waals surface area contributed by atoms with Crippen LogP contribution in [0.5, 0.6) is 0 Å². The molecule has 4 atom stereocenters. The molecule has 2 heterocycles. The van der Waals surface area contributed by atoms with Crippen LogP contribution in [0.4, 0.5) is 0 Å². The molecule has 0 bridgehead atoms. The van der Waals surface area contributed by atoms with E-state index in [1.54, 1.807) is 6.26 Å². The lowest BCUT2D eigenvalue weighted by Gasteiger charge is -2.52. The first-order chi connectivity index (χ1) is 10.3. The minimum Gasteiger partial charge on any atom is -0.472 e. The van der Waals surface area contributed by atoms with Gasteiger partial charge < -0.3 is 14.6 Å². The first-order valence-electron chi connectivity index (χ1n) is 8.00. The molecule has 0 saturated carbocycles. The molecule has 0 amide bonds. The first-order valence-corrected chi connectivity index (χ1v) is 8.00. The zero-order chi connectivity index (χ0) is 14.7. The number of benzene rings is 1. The molecule has 0 spiro atoms. The molecule has 2 aliphatic rings. The third-order valence-electron chi connectivity index (χ3n) is 4.69. The van der Waals surface area contributed by atoms with Gasteiger partial charge in [-0.05, 0) is 18.1 Å². The van der Waals surface area contributed by atoms with Crippen LogP contribution in [0.1, 0.15) is 50.7 Å². The van der Waals surface area contributed by atoms with Crippen LogP contribution < -0.4 is 0 Å². The van der Waals surface area contributed by atoms with E-state index < -0.39 is 11.5 Å². The monoisotopic (exact) mass is 288 g/mol. The van der Waals surface area contributed by atoms with Crippen molar-refractivity contribution in [1.82, 2.24) is 0 Å². The van der Waals surface area contributed by atoms with Crippen LogP contribution in [0, 0.1) is 5.41 Å². The second-order valence-corrected chi connectivity index (χ2v) is 6.06. The SMILES string of the molecule is CCCCCCC(O)C12C=COC1OC2c1ccccc1. The van der Waals surface area contributed by atoms with E-state index in [0.29, 0.717) is 0 Å². The molecule has 1 N–H and O–H groups in total. The molecule has 3 heteroatoms. The van der Waals surface area contributed by atoms with Gasteiger partial charge in [0, 0.05) is 0 Å². The van der Waals surface area contributed by atoms with E-state index in [-0.39, 0.29) is 12.4 Å². The van der Waals surface area contributed by atoms with Crippen LogP contribution in [0.25, 0.3) is 0 Å². The van der Waals surface area contributed by atoms with Crippen LogP contribution in [-0.4, -0.2) is 17.5 Å². The summed E-state index contributed by atoms with van der Waals surface area (Å²) >= 11 is 0. The van der Waals surface area contributed by atoms with Gasteiger partial charge in [-0.3, -0.25) is 0 Å². The summed E-state index contributed by atoms with van der Waals surface area (Å²) in [5.74, 6) is 0. The van der Waals surface area contributed by atoms with Crippen molar-refractivity contribution in [3.63, 3.8) is 0 Å². The van der Waals surface area contributed by atoms with Gasteiger partial charge in [-0.1, -0.05) is 62.9 Å². The topological polar surface area (TPSA) is 38.7 Å². The molecule has 4 unspecified atom stereocenters. The number of hydrogen-bond donors (Lipinski definition) is 1. The minimum atomic E-state index is -0.419. The largest absolute Gasteiger partial charge is 0.472 e. The Kier molecular flexibility index (Phi) is 4.32. The van der Waals surface area contributed by atoms with Gasteiger partial charge in [0.2, 0.25) is 6.29 Å². The Morgan fingerprint density at radius 2 is 2.00 bits per heavy atom. The molecule has 114 valence electrons. The Labute approximate surface area is 126 Å². The van der Waals surface area contributed by atoms with Gasteiger partial charge in [0.15, 0.2) is 0 Å². The normalized spacial score (nSPS) is 31.3. The summed E-state index contributed by atoms with van der Waals surface area (Å²) in [7, 11) is 0. The molecular weight excluding hydrogens is 264 g/mol. The molecule has 3 rings (SSSR count). The van der Waals surface area contributed by atoms with Gasteiger partial charge in [-0.15, -0.1) is 0 Å². The number of unbranched alkanes of at least 4 members (excludes halogenated alkanes) is 3. The molecule has 0 radical (unpaired) electrons. The fourth-order valence-electron chi connectivity index (χ4n) is 3.41. The molecular formula is C18H24O3. The zero-order valence-electron chi connectivity index (χ0n) is 12.6. The van der Waals surface area contributed by atoms with Gasteiger partial charge >= 0.3 is 0 Å². The van der Waals surface area contributed by atoms with Crippen LogP contribution in [-0.2, 0) is 9.47 Å². The highest BCUT2D eigenvalue weighted by Gasteiger charge is 2.63. The maximum Gasteiger partial charge on any atom is 0.214 e. The highest BCUT2D eigenvalue weighted by Crippen LogP contribution is 2.58. The quantitative estimate of drug-likeness (QED) is 0.772. The second kappa shape index (κ2) is 6.20. The van der Waals surface area contributed by atoms with Crippen molar-refractivity contribution in [2.24, 2.45) is 5.41 Å². The van der Waals surface area contributed by atoms with Gasteiger partial charge in [0.1, 0.15) is 11.5 Å². The van der Waals surface area contributed by atoms with Crippen molar-refractivity contribution in [2.45, 2.75) is 57.5 Å². The van der Waals surface area contributed by atoms with Gasteiger partial charge in [-0.2, -0.15) is 0 Å². The summed E-state index contributed by atoms with van der Waals surface area (Å²) in [6.07, 6.45) is 8.30. The predicted octanol–water partition coefficient (Wildman–Crippen LogP) is 3.95. The number of ether oxygens (including phenoxy) is 2. The Balaban J connectivity index is 1.71. The Morgan fingerprint density at radius 3 is 2.71 bits per heavy atom. The van der Waals surface area contributed by atoms with Crippen molar-refractivity contribution < 1.29 is 14.6 Å². The van der Waals surface area contributed by atoms with Crippen LogP contribution >= 0.6 is 0 Å². The molecule has 21 heavy (non-hydrogen) atoms. The summed E-state index contributed by atoms with van der Waals surface area (Å²) in [6, 6.07) is 10.1. The summed E-state index contributed by atoms with van der Waals surface area (Å²) < 4.78 is 11.3. The smallest absolute Gasteiger partial charge is 0.214 e. The summed E-state index contributed by atoms with van der Waals surface area (Å²) in [6.45, 7) is 2.20. The standard InChI is InChI=1S/C18H24O3/c1-2-3-4-8-11-15(19)18-12-13-20-17(18)21-16(18)14-9-6-5-7-10-14/h5-7,9-10,12-13,15-17,19H,2-4,8,11H2,1H3. The van der Waals surface area contributed by atoms with E-state index in [2.05, 4.69) is 19.1 Å². The molecule has 1 fully saturated rings. The number of rotatable bonds is 7. The molecule has 0 aromatic heterocycles. The van der Waals surface area contributed by atoms with Gasteiger partial charge in [-0.25, -0.2) is 0 Å². The second-order valence-electron chi connectivity index (χ2n) is 6.06. The van der Waals surface area contributed by atoms with Crippen molar-refractivity contribution in [1.29, 1.82) is 0 Å². The third-order valence-corrected chi connectivity index (χ3v) is 4.69. The number of aliphatic hydroxyl groups excluding tert-OH is 1. The Bertz CT molecular complexity index is 484. The molecule has 2 aliphatic heterocycles. The van der Waals surface area contributed by atoms with E-state index in [9.17, 15) is 5.11 Å². The summed E-state index contributed by atoms with van der Waals surface area (Å²) in [5.41, 5.74) is 0.699. The molecule has 1 saturated heterocycles. The number of hydrogen-bond acceptors (Lipinski definition) is 3. The summed E-state index contributed by atoms with van der Waals surface area (Å²) in [4.78, 5) is 0.